The summed E-state index contributed by atoms with van der Waals surface area (Å²) in [5.41, 5.74) is 1.47. The molecule has 1 amide bonds. The summed E-state index contributed by atoms with van der Waals surface area (Å²) in [6, 6.07) is 7.48. The fourth-order valence-electron chi connectivity index (χ4n) is 1.99. The van der Waals surface area contributed by atoms with E-state index in [0.29, 0.717) is 17.3 Å². The number of nitrogens with zero attached hydrogens (tertiary/aromatic N) is 2. The van der Waals surface area contributed by atoms with Crippen molar-refractivity contribution >= 4 is 28.8 Å². The quantitative estimate of drug-likeness (QED) is 0.782. The number of aromatic nitrogens is 1. The third kappa shape index (κ3) is 3.81. The van der Waals surface area contributed by atoms with Crippen LogP contribution < -0.4 is 0 Å². The number of rotatable bonds is 5. The van der Waals surface area contributed by atoms with Crippen LogP contribution in [0, 0.1) is 0 Å². The molecular formula is C15H17ClN2OS. The molecule has 0 spiro atoms. The van der Waals surface area contributed by atoms with Crippen LogP contribution in [-0.4, -0.2) is 22.8 Å². The van der Waals surface area contributed by atoms with Crippen molar-refractivity contribution in [3.05, 3.63) is 50.9 Å². The largest absolute Gasteiger partial charge is 0.337 e. The molecule has 0 N–H and O–H groups in total. The third-order valence-electron chi connectivity index (χ3n) is 2.92. The zero-order valence-electron chi connectivity index (χ0n) is 11.6. The molecule has 0 saturated heterocycles. The molecule has 0 fully saturated rings. The van der Waals surface area contributed by atoms with Gasteiger partial charge in [0, 0.05) is 23.2 Å². The molecule has 2 aromatic rings. The Morgan fingerprint density at radius 3 is 2.90 bits per heavy atom. The monoisotopic (exact) mass is 308 g/mol. The highest BCUT2D eigenvalue weighted by Crippen LogP contribution is 2.16. The van der Waals surface area contributed by atoms with Crippen LogP contribution in [0.1, 0.15) is 34.3 Å². The maximum Gasteiger partial charge on any atom is 0.254 e. The first-order valence-electron chi connectivity index (χ1n) is 6.54. The molecule has 2 heterocycles. The van der Waals surface area contributed by atoms with Gasteiger partial charge in [-0.3, -0.25) is 4.79 Å². The molecule has 0 aliphatic rings. The Morgan fingerprint density at radius 2 is 2.25 bits per heavy atom. The molecule has 3 nitrogen and oxygen atoms in total. The SMILES string of the molecule is CCCc1cc(C(=O)N(C)Cc2cccs2)cc(Cl)n1. The number of hydrogen-bond donors (Lipinski definition) is 0. The first kappa shape index (κ1) is 15.0. The van der Waals surface area contributed by atoms with Crippen molar-refractivity contribution in [3.63, 3.8) is 0 Å². The Morgan fingerprint density at radius 1 is 1.45 bits per heavy atom. The summed E-state index contributed by atoms with van der Waals surface area (Å²) in [5, 5.41) is 2.39. The first-order valence-corrected chi connectivity index (χ1v) is 7.80. The minimum Gasteiger partial charge on any atom is -0.337 e. The summed E-state index contributed by atoms with van der Waals surface area (Å²) in [6.45, 7) is 2.69. The second-order valence-electron chi connectivity index (χ2n) is 4.66. The second-order valence-corrected chi connectivity index (χ2v) is 6.08. The highest BCUT2D eigenvalue weighted by molar-refractivity contribution is 7.09. The van der Waals surface area contributed by atoms with Crippen LogP contribution in [0.15, 0.2) is 29.6 Å². The van der Waals surface area contributed by atoms with E-state index in [1.807, 2.05) is 23.6 Å². The summed E-state index contributed by atoms with van der Waals surface area (Å²) < 4.78 is 0. The van der Waals surface area contributed by atoms with Gasteiger partial charge in [-0.1, -0.05) is 31.0 Å². The van der Waals surface area contributed by atoms with E-state index in [1.54, 1.807) is 29.4 Å². The summed E-state index contributed by atoms with van der Waals surface area (Å²) in [5.74, 6) is -0.0277. The average Bonchev–Trinajstić information content (AvgIpc) is 2.90. The molecule has 0 aromatic carbocycles. The number of carbonyl (C=O) groups excluding carboxylic acids is 1. The van der Waals surface area contributed by atoms with Gasteiger partial charge < -0.3 is 4.90 Å². The molecule has 2 rings (SSSR count). The van der Waals surface area contributed by atoms with Gasteiger partial charge in [0.25, 0.3) is 5.91 Å². The van der Waals surface area contributed by atoms with Crippen molar-refractivity contribution in [1.29, 1.82) is 0 Å². The molecule has 20 heavy (non-hydrogen) atoms. The Kier molecular flexibility index (Phi) is 5.15. The zero-order valence-corrected chi connectivity index (χ0v) is 13.2. The zero-order chi connectivity index (χ0) is 14.5. The Balaban J connectivity index is 2.15. The molecule has 0 aliphatic carbocycles. The van der Waals surface area contributed by atoms with Gasteiger partial charge >= 0.3 is 0 Å². The molecule has 0 radical (unpaired) electrons. The number of halogens is 1. The van der Waals surface area contributed by atoms with Gasteiger partial charge in [0.1, 0.15) is 5.15 Å². The second kappa shape index (κ2) is 6.86. The van der Waals surface area contributed by atoms with Crippen molar-refractivity contribution in [3.8, 4) is 0 Å². The standard InChI is InChI=1S/C15H17ClN2OS/c1-3-5-12-8-11(9-14(16)17-12)15(19)18(2)10-13-6-4-7-20-13/h4,6-9H,3,5,10H2,1-2H3. The van der Waals surface area contributed by atoms with Crippen LogP contribution in [0.4, 0.5) is 0 Å². The Hall–Kier alpha value is -1.39. The van der Waals surface area contributed by atoms with Gasteiger partial charge in [0.05, 0.1) is 6.54 Å². The van der Waals surface area contributed by atoms with Crippen LogP contribution in [0.2, 0.25) is 5.15 Å². The number of carbonyl (C=O) groups is 1. The van der Waals surface area contributed by atoms with Gasteiger partial charge in [0.15, 0.2) is 0 Å². The molecule has 2 aromatic heterocycles. The number of aryl methyl sites for hydroxylation is 1. The number of thiophene rings is 1. The molecule has 0 bridgehead atoms. The normalized spacial score (nSPS) is 10.6. The van der Waals surface area contributed by atoms with E-state index < -0.39 is 0 Å². The Labute approximate surface area is 128 Å². The van der Waals surface area contributed by atoms with Crippen molar-refractivity contribution in [2.24, 2.45) is 0 Å². The third-order valence-corrected chi connectivity index (χ3v) is 3.97. The van der Waals surface area contributed by atoms with Gasteiger partial charge in [-0.05, 0) is 30.0 Å². The number of amides is 1. The van der Waals surface area contributed by atoms with E-state index in [2.05, 4.69) is 11.9 Å². The molecular weight excluding hydrogens is 292 g/mol. The van der Waals surface area contributed by atoms with E-state index in [0.717, 1.165) is 23.4 Å². The van der Waals surface area contributed by atoms with Gasteiger partial charge in [-0.2, -0.15) is 0 Å². The molecule has 106 valence electrons. The number of hydrogen-bond acceptors (Lipinski definition) is 3. The van der Waals surface area contributed by atoms with Gasteiger partial charge in [-0.25, -0.2) is 4.98 Å². The van der Waals surface area contributed by atoms with Gasteiger partial charge in [0.2, 0.25) is 0 Å². The lowest BCUT2D eigenvalue weighted by Gasteiger charge is -2.16. The van der Waals surface area contributed by atoms with Crippen LogP contribution in [0.25, 0.3) is 0 Å². The smallest absolute Gasteiger partial charge is 0.254 e. The predicted molar refractivity (Wildman–Crippen MR) is 83.4 cm³/mol. The lowest BCUT2D eigenvalue weighted by atomic mass is 10.1. The fraction of sp³-hybridized carbons (Fsp3) is 0.333. The number of pyridine rings is 1. The van der Waals surface area contributed by atoms with Crippen LogP contribution in [0.5, 0.6) is 0 Å². The van der Waals surface area contributed by atoms with E-state index in [-0.39, 0.29) is 5.91 Å². The maximum absolute atomic E-state index is 12.4. The van der Waals surface area contributed by atoms with Crippen LogP contribution >= 0.6 is 22.9 Å². The molecule has 0 atom stereocenters. The molecule has 0 saturated carbocycles. The van der Waals surface area contributed by atoms with E-state index in [4.69, 9.17) is 11.6 Å². The minimum atomic E-state index is -0.0277. The van der Waals surface area contributed by atoms with E-state index in [9.17, 15) is 4.79 Å². The summed E-state index contributed by atoms with van der Waals surface area (Å²) in [7, 11) is 1.80. The molecule has 0 unspecified atom stereocenters. The fourth-order valence-corrected chi connectivity index (χ4v) is 2.97. The highest BCUT2D eigenvalue weighted by Gasteiger charge is 2.14. The van der Waals surface area contributed by atoms with Crippen LogP contribution in [-0.2, 0) is 13.0 Å². The van der Waals surface area contributed by atoms with Crippen molar-refractivity contribution in [2.75, 3.05) is 7.05 Å². The van der Waals surface area contributed by atoms with Crippen LogP contribution in [0.3, 0.4) is 0 Å². The topological polar surface area (TPSA) is 33.2 Å². The summed E-state index contributed by atoms with van der Waals surface area (Å²) in [4.78, 5) is 19.5. The molecule has 0 aliphatic heterocycles. The van der Waals surface area contributed by atoms with E-state index >= 15 is 0 Å². The van der Waals surface area contributed by atoms with Crippen molar-refractivity contribution in [1.82, 2.24) is 9.88 Å². The summed E-state index contributed by atoms with van der Waals surface area (Å²) in [6.07, 6.45) is 1.81. The first-order chi connectivity index (χ1) is 9.60. The maximum atomic E-state index is 12.4. The lowest BCUT2D eigenvalue weighted by Crippen LogP contribution is -2.26. The Bertz CT molecular complexity index is 584. The predicted octanol–water partition coefficient (Wildman–Crippen LogP) is 4.02. The van der Waals surface area contributed by atoms with Gasteiger partial charge in [-0.15, -0.1) is 11.3 Å². The average molecular weight is 309 g/mol. The van der Waals surface area contributed by atoms with Crippen molar-refractivity contribution in [2.45, 2.75) is 26.3 Å². The van der Waals surface area contributed by atoms with E-state index in [1.165, 1.54) is 0 Å². The minimum absolute atomic E-state index is 0.0277. The summed E-state index contributed by atoms with van der Waals surface area (Å²) >= 11 is 7.64. The highest BCUT2D eigenvalue weighted by atomic mass is 35.5. The lowest BCUT2D eigenvalue weighted by molar-refractivity contribution is 0.0786. The molecule has 5 heteroatoms. The van der Waals surface area contributed by atoms with Crippen molar-refractivity contribution < 1.29 is 4.79 Å².